The van der Waals surface area contributed by atoms with E-state index in [9.17, 15) is 9.59 Å². The SMILES string of the molecule is CCCCCCCCCCCCCCCCOc1ccc(/C=C/C(=O)c2cccc(OC(=O)/C=C/c3ccc(OCCCC)cc3)c2)cc1. The molecule has 0 saturated heterocycles. The van der Waals surface area contributed by atoms with Crippen molar-refractivity contribution in [3.05, 3.63) is 102 Å². The average Bonchev–Trinajstić information content (AvgIpc) is 3.12. The summed E-state index contributed by atoms with van der Waals surface area (Å²) in [5.74, 6) is 1.27. The van der Waals surface area contributed by atoms with Gasteiger partial charge in [0.15, 0.2) is 5.78 Å². The third-order valence-corrected chi connectivity index (χ3v) is 8.47. The van der Waals surface area contributed by atoms with Crippen LogP contribution in [0.1, 0.15) is 138 Å². The molecule has 3 aromatic carbocycles. The number of hydrogen-bond acceptors (Lipinski definition) is 5. The zero-order valence-corrected chi connectivity index (χ0v) is 30.0. The Morgan fingerprint density at radius 3 is 1.51 bits per heavy atom. The minimum absolute atomic E-state index is 0.173. The van der Waals surface area contributed by atoms with E-state index in [2.05, 4.69) is 13.8 Å². The second kappa shape index (κ2) is 24.9. The van der Waals surface area contributed by atoms with Crippen LogP contribution in [0.25, 0.3) is 12.2 Å². The second-order valence-corrected chi connectivity index (χ2v) is 12.8. The number of rotatable bonds is 26. The maximum absolute atomic E-state index is 12.8. The third kappa shape index (κ3) is 17.7. The standard InChI is InChI=1S/C44H58O5/c1-3-5-7-8-9-10-11-12-13-14-15-16-17-18-35-48-41-28-22-37(23-29-41)26-32-43(45)39-20-19-21-42(36-39)49-44(46)33-27-38-24-30-40(31-25-38)47-34-6-4-2/h19-33,36H,3-18,34-35H2,1-2H3/b32-26+,33-27+. The minimum Gasteiger partial charge on any atom is -0.494 e. The molecule has 0 aliphatic heterocycles. The first-order chi connectivity index (χ1) is 24.1. The lowest BCUT2D eigenvalue weighted by Crippen LogP contribution is -2.04. The van der Waals surface area contributed by atoms with E-state index in [1.165, 1.54) is 95.6 Å². The summed E-state index contributed by atoms with van der Waals surface area (Å²) in [7, 11) is 0. The smallest absolute Gasteiger partial charge is 0.336 e. The van der Waals surface area contributed by atoms with E-state index in [-0.39, 0.29) is 5.78 Å². The van der Waals surface area contributed by atoms with E-state index in [0.717, 1.165) is 48.5 Å². The summed E-state index contributed by atoms with van der Waals surface area (Å²) in [5, 5.41) is 0. The number of esters is 1. The maximum Gasteiger partial charge on any atom is 0.336 e. The van der Waals surface area contributed by atoms with Gasteiger partial charge in [-0.25, -0.2) is 4.79 Å². The summed E-state index contributed by atoms with van der Waals surface area (Å²) in [4.78, 5) is 25.2. The molecule has 0 unspecified atom stereocenters. The number of hydrogen-bond donors (Lipinski definition) is 0. The highest BCUT2D eigenvalue weighted by atomic mass is 16.5. The molecule has 0 bridgehead atoms. The molecule has 0 amide bonds. The van der Waals surface area contributed by atoms with Gasteiger partial charge in [-0.3, -0.25) is 4.79 Å². The summed E-state index contributed by atoms with van der Waals surface area (Å²) in [6, 6.07) is 22.0. The van der Waals surface area contributed by atoms with Crippen molar-refractivity contribution < 1.29 is 23.8 Å². The fourth-order valence-electron chi connectivity index (χ4n) is 5.47. The van der Waals surface area contributed by atoms with E-state index < -0.39 is 5.97 Å². The van der Waals surface area contributed by atoms with Gasteiger partial charge < -0.3 is 14.2 Å². The van der Waals surface area contributed by atoms with Gasteiger partial charge in [-0.05, 0) is 72.5 Å². The van der Waals surface area contributed by atoms with Crippen LogP contribution in [-0.4, -0.2) is 25.0 Å². The zero-order chi connectivity index (χ0) is 34.8. The van der Waals surface area contributed by atoms with Crippen molar-refractivity contribution in [2.75, 3.05) is 13.2 Å². The van der Waals surface area contributed by atoms with Crippen LogP contribution >= 0.6 is 0 Å². The molecule has 5 heteroatoms. The van der Waals surface area contributed by atoms with Crippen molar-refractivity contribution in [1.29, 1.82) is 0 Å². The zero-order valence-electron chi connectivity index (χ0n) is 30.0. The summed E-state index contributed by atoms with van der Waals surface area (Å²) >= 11 is 0. The van der Waals surface area contributed by atoms with Gasteiger partial charge in [0.2, 0.25) is 0 Å². The van der Waals surface area contributed by atoms with Gasteiger partial charge in [0, 0.05) is 11.6 Å². The molecule has 0 atom stereocenters. The lowest BCUT2D eigenvalue weighted by atomic mass is 10.0. The van der Waals surface area contributed by atoms with E-state index in [4.69, 9.17) is 14.2 Å². The Hall–Kier alpha value is -4.12. The first-order valence-electron chi connectivity index (χ1n) is 18.8. The molecule has 49 heavy (non-hydrogen) atoms. The summed E-state index contributed by atoms with van der Waals surface area (Å²) in [5.41, 5.74) is 2.21. The number of allylic oxidation sites excluding steroid dienone is 1. The molecule has 0 aliphatic rings. The molecule has 0 radical (unpaired) electrons. The number of ether oxygens (including phenoxy) is 3. The quantitative estimate of drug-likeness (QED) is 0.0280. The van der Waals surface area contributed by atoms with Crippen LogP contribution in [0.5, 0.6) is 17.2 Å². The largest absolute Gasteiger partial charge is 0.494 e. The molecular formula is C44H58O5. The van der Waals surface area contributed by atoms with Crippen LogP contribution in [0.15, 0.2) is 84.9 Å². The van der Waals surface area contributed by atoms with Gasteiger partial charge in [-0.2, -0.15) is 0 Å². The molecular weight excluding hydrogens is 608 g/mol. The number of ketones is 1. The Labute approximate surface area is 295 Å². The van der Waals surface area contributed by atoms with Crippen molar-refractivity contribution in [3.63, 3.8) is 0 Å². The molecule has 3 rings (SSSR count). The number of carbonyl (C=O) groups excluding carboxylic acids is 2. The maximum atomic E-state index is 12.8. The van der Waals surface area contributed by atoms with Gasteiger partial charge in [-0.1, -0.05) is 146 Å². The topological polar surface area (TPSA) is 61.8 Å². The number of carbonyl (C=O) groups is 2. The van der Waals surface area contributed by atoms with Gasteiger partial charge in [0.05, 0.1) is 13.2 Å². The number of unbranched alkanes of at least 4 members (excludes halogenated alkanes) is 14. The van der Waals surface area contributed by atoms with Crippen molar-refractivity contribution >= 4 is 23.9 Å². The Bertz CT molecular complexity index is 1390. The first kappa shape index (κ1) is 39.3. The molecule has 0 heterocycles. The van der Waals surface area contributed by atoms with Crippen LogP contribution in [0.2, 0.25) is 0 Å². The molecule has 264 valence electrons. The highest BCUT2D eigenvalue weighted by molar-refractivity contribution is 6.07. The van der Waals surface area contributed by atoms with E-state index in [1.54, 1.807) is 36.4 Å². The van der Waals surface area contributed by atoms with Crippen molar-refractivity contribution in [2.45, 2.75) is 117 Å². The van der Waals surface area contributed by atoms with Crippen molar-refractivity contribution in [2.24, 2.45) is 0 Å². The van der Waals surface area contributed by atoms with Crippen LogP contribution in [0, 0.1) is 0 Å². The average molecular weight is 667 g/mol. The van der Waals surface area contributed by atoms with Gasteiger partial charge in [0.1, 0.15) is 17.2 Å². The van der Waals surface area contributed by atoms with Crippen molar-refractivity contribution in [1.82, 2.24) is 0 Å². The van der Waals surface area contributed by atoms with Gasteiger partial charge in [-0.15, -0.1) is 0 Å². The first-order valence-corrected chi connectivity index (χ1v) is 18.8. The summed E-state index contributed by atoms with van der Waals surface area (Å²) < 4.78 is 17.0. The monoisotopic (exact) mass is 666 g/mol. The fourth-order valence-corrected chi connectivity index (χ4v) is 5.47. The lowest BCUT2D eigenvalue weighted by molar-refractivity contribution is -0.128. The van der Waals surface area contributed by atoms with Crippen LogP contribution in [0.4, 0.5) is 0 Å². The highest BCUT2D eigenvalue weighted by Crippen LogP contribution is 2.19. The molecule has 0 fully saturated rings. The molecule has 0 aromatic heterocycles. The Morgan fingerprint density at radius 1 is 0.510 bits per heavy atom. The normalized spacial score (nSPS) is 11.3. The Morgan fingerprint density at radius 2 is 0.980 bits per heavy atom. The number of benzene rings is 3. The molecule has 3 aromatic rings. The van der Waals surface area contributed by atoms with E-state index in [0.29, 0.717) is 17.9 Å². The third-order valence-electron chi connectivity index (χ3n) is 8.47. The summed E-state index contributed by atoms with van der Waals surface area (Å²) in [6.45, 7) is 5.82. The predicted molar refractivity (Wildman–Crippen MR) is 204 cm³/mol. The van der Waals surface area contributed by atoms with Crippen LogP contribution in [-0.2, 0) is 4.79 Å². The highest BCUT2D eigenvalue weighted by Gasteiger charge is 2.07. The lowest BCUT2D eigenvalue weighted by Gasteiger charge is -2.07. The van der Waals surface area contributed by atoms with Crippen LogP contribution in [0.3, 0.4) is 0 Å². The molecule has 0 spiro atoms. The molecule has 0 saturated carbocycles. The Balaban J connectivity index is 1.29. The van der Waals surface area contributed by atoms with Crippen LogP contribution < -0.4 is 14.2 Å². The van der Waals surface area contributed by atoms with Crippen molar-refractivity contribution in [3.8, 4) is 17.2 Å². The van der Waals surface area contributed by atoms with Gasteiger partial charge >= 0.3 is 5.97 Å². The fraction of sp³-hybridized carbons (Fsp3) is 0.455. The molecule has 0 N–H and O–H groups in total. The summed E-state index contributed by atoms with van der Waals surface area (Å²) in [6.07, 6.45) is 27.3. The molecule has 0 aliphatic carbocycles. The minimum atomic E-state index is -0.518. The van der Waals surface area contributed by atoms with E-state index >= 15 is 0 Å². The second-order valence-electron chi connectivity index (χ2n) is 12.8. The predicted octanol–water partition coefficient (Wildman–Crippen LogP) is 12.2. The Kier molecular flexibility index (Phi) is 20.0. The van der Waals surface area contributed by atoms with Gasteiger partial charge in [0.25, 0.3) is 0 Å². The molecule has 5 nitrogen and oxygen atoms in total. The van der Waals surface area contributed by atoms with E-state index in [1.807, 2.05) is 48.5 Å².